The van der Waals surface area contributed by atoms with Gasteiger partial charge in [0, 0.05) is 16.3 Å². The first-order valence-corrected chi connectivity index (χ1v) is 6.89. The summed E-state index contributed by atoms with van der Waals surface area (Å²) in [7, 11) is 0. The number of nitrogens with zero attached hydrogens (tertiary/aromatic N) is 1. The van der Waals surface area contributed by atoms with Crippen LogP contribution in [0, 0.1) is 16.5 Å². The number of benzene rings is 2. The summed E-state index contributed by atoms with van der Waals surface area (Å²) in [4.78, 5) is 0.871. The lowest BCUT2D eigenvalue weighted by atomic mass is 10.3. The molecule has 0 unspecified atom stereocenters. The predicted molar refractivity (Wildman–Crippen MR) is 84.2 cm³/mol. The largest absolute Gasteiger partial charge is 0.332 e. The zero-order valence-corrected chi connectivity index (χ0v) is 11.9. The lowest BCUT2D eigenvalue weighted by Crippen LogP contribution is -2.18. The second kappa shape index (κ2) is 6.89. The van der Waals surface area contributed by atoms with Crippen molar-refractivity contribution < 1.29 is 4.39 Å². The molecule has 2 aromatic rings. The fourth-order valence-electron chi connectivity index (χ4n) is 1.49. The Balaban J connectivity index is 1.94. The third-order valence-corrected chi connectivity index (χ3v) is 3.18. The fraction of sp³-hybridized carbons (Fsp3) is 0. The molecule has 3 nitrogen and oxygen atoms in total. The Morgan fingerprint density at radius 2 is 1.50 bits per heavy atom. The highest BCUT2D eigenvalue weighted by atomic mass is 32.2. The molecule has 100 valence electrons. The SMILES string of the molecule is N#CSc1ccc(NC(=S)Nc2ccc(F)cc2)cc1. The van der Waals surface area contributed by atoms with E-state index in [1.165, 1.54) is 12.1 Å². The first kappa shape index (κ1) is 14.3. The third-order valence-electron chi connectivity index (χ3n) is 2.38. The highest BCUT2D eigenvalue weighted by Gasteiger charge is 2.00. The van der Waals surface area contributed by atoms with E-state index < -0.39 is 0 Å². The average molecular weight is 303 g/mol. The van der Waals surface area contributed by atoms with Gasteiger partial charge < -0.3 is 10.6 Å². The summed E-state index contributed by atoms with van der Waals surface area (Å²) in [5, 5.41) is 16.9. The first-order valence-electron chi connectivity index (χ1n) is 5.67. The lowest BCUT2D eigenvalue weighted by Gasteiger charge is -2.10. The number of thioether (sulfide) groups is 1. The van der Waals surface area contributed by atoms with Gasteiger partial charge in [-0.15, -0.1) is 0 Å². The maximum Gasteiger partial charge on any atom is 0.175 e. The van der Waals surface area contributed by atoms with Crippen molar-refractivity contribution in [1.29, 1.82) is 5.26 Å². The summed E-state index contributed by atoms with van der Waals surface area (Å²) in [6.45, 7) is 0. The van der Waals surface area contributed by atoms with Crippen molar-refractivity contribution in [3.63, 3.8) is 0 Å². The van der Waals surface area contributed by atoms with Gasteiger partial charge >= 0.3 is 0 Å². The average Bonchev–Trinajstić information content (AvgIpc) is 2.44. The van der Waals surface area contributed by atoms with Crippen molar-refractivity contribution in [2.45, 2.75) is 4.90 Å². The lowest BCUT2D eigenvalue weighted by molar-refractivity contribution is 0.628. The molecule has 0 saturated carbocycles. The Kier molecular flexibility index (Phi) is 4.93. The van der Waals surface area contributed by atoms with Crippen molar-refractivity contribution >= 4 is 40.5 Å². The number of anilines is 2. The Labute approximate surface area is 125 Å². The van der Waals surface area contributed by atoms with Crippen molar-refractivity contribution in [3.8, 4) is 5.40 Å². The molecule has 0 aliphatic carbocycles. The molecule has 0 heterocycles. The number of hydrogen-bond donors (Lipinski definition) is 2. The number of nitrogens with one attached hydrogen (secondary N) is 2. The molecule has 2 N–H and O–H groups in total. The van der Waals surface area contributed by atoms with E-state index in [4.69, 9.17) is 17.5 Å². The Morgan fingerprint density at radius 1 is 1.00 bits per heavy atom. The molecule has 0 saturated heterocycles. The fourth-order valence-corrected chi connectivity index (χ4v) is 2.10. The van der Waals surface area contributed by atoms with Crippen LogP contribution < -0.4 is 10.6 Å². The summed E-state index contributed by atoms with van der Waals surface area (Å²) >= 11 is 6.26. The molecule has 0 aliphatic rings. The van der Waals surface area contributed by atoms with Crippen LogP contribution >= 0.6 is 24.0 Å². The smallest absolute Gasteiger partial charge is 0.175 e. The van der Waals surface area contributed by atoms with E-state index in [1.807, 2.05) is 29.7 Å². The van der Waals surface area contributed by atoms with E-state index in [2.05, 4.69) is 10.6 Å². The number of hydrogen-bond acceptors (Lipinski definition) is 3. The zero-order valence-electron chi connectivity index (χ0n) is 10.3. The number of thiocarbonyl (C=S) groups is 1. The Morgan fingerprint density at radius 3 is 2.00 bits per heavy atom. The van der Waals surface area contributed by atoms with Crippen LogP contribution in [0.3, 0.4) is 0 Å². The molecule has 0 bridgehead atoms. The van der Waals surface area contributed by atoms with E-state index in [0.29, 0.717) is 10.8 Å². The van der Waals surface area contributed by atoms with Gasteiger partial charge in [0.05, 0.1) is 0 Å². The van der Waals surface area contributed by atoms with Gasteiger partial charge in [0.15, 0.2) is 5.11 Å². The third kappa shape index (κ3) is 4.23. The Bertz CT molecular complexity index is 633. The molecule has 0 spiro atoms. The van der Waals surface area contributed by atoms with E-state index in [1.54, 1.807) is 12.1 Å². The monoisotopic (exact) mass is 303 g/mol. The molecule has 0 aliphatic heterocycles. The normalized spacial score (nSPS) is 9.60. The molecule has 0 atom stereocenters. The molecule has 0 fully saturated rings. The van der Waals surface area contributed by atoms with Crippen molar-refractivity contribution in [2.24, 2.45) is 0 Å². The van der Waals surface area contributed by atoms with Crippen LogP contribution in [0.5, 0.6) is 0 Å². The van der Waals surface area contributed by atoms with Gasteiger partial charge in [-0.05, 0) is 72.5 Å². The van der Waals surface area contributed by atoms with Crippen LogP contribution in [-0.4, -0.2) is 5.11 Å². The number of halogens is 1. The van der Waals surface area contributed by atoms with Gasteiger partial charge in [-0.1, -0.05) is 0 Å². The van der Waals surface area contributed by atoms with Crippen LogP contribution in [0.1, 0.15) is 0 Å². The van der Waals surface area contributed by atoms with E-state index in [-0.39, 0.29) is 5.82 Å². The maximum absolute atomic E-state index is 12.8. The molecule has 0 amide bonds. The molecular weight excluding hydrogens is 293 g/mol. The van der Waals surface area contributed by atoms with E-state index in [9.17, 15) is 4.39 Å². The summed E-state index contributed by atoms with van der Waals surface area (Å²) < 4.78 is 12.8. The van der Waals surface area contributed by atoms with Crippen molar-refractivity contribution in [3.05, 3.63) is 54.3 Å². The highest BCUT2D eigenvalue weighted by molar-refractivity contribution is 8.03. The summed E-state index contributed by atoms with van der Waals surface area (Å²) in [5.74, 6) is -0.292. The molecular formula is C14H10FN3S2. The van der Waals surface area contributed by atoms with Crippen molar-refractivity contribution in [2.75, 3.05) is 10.6 Å². The second-order valence-corrected chi connectivity index (χ2v) is 5.07. The van der Waals surface area contributed by atoms with Crippen LogP contribution in [0.15, 0.2) is 53.4 Å². The highest BCUT2D eigenvalue weighted by Crippen LogP contribution is 2.19. The van der Waals surface area contributed by atoms with Crippen LogP contribution in [0.2, 0.25) is 0 Å². The minimum absolute atomic E-state index is 0.292. The molecule has 0 aromatic heterocycles. The van der Waals surface area contributed by atoms with Gasteiger partial charge in [0.2, 0.25) is 0 Å². The van der Waals surface area contributed by atoms with Gasteiger partial charge in [-0.25, -0.2) is 4.39 Å². The van der Waals surface area contributed by atoms with Gasteiger partial charge in [-0.2, -0.15) is 5.26 Å². The molecule has 2 rings (SSSR count). The summed E-state index contributed by atoms with van der Waals surface area (Å²) in [5.41, 5.74) is 1.52. The summed E-state index contributed by atoms with van der Waals surface area (Å²) in [6.07, 6.45) is 0. The van der Waals surface area contributed by atoms with Gasteiger partial charge in [0.25, 0.3) is 0 Å². The zero-order chi connectivity index (χ0) is 14.4. The molecule has 6 heteroatoms. The quantitative estimate of drug-likeness (QED) is 0.505. The minimum Gasteiger partial charge on any atom is -0.332 e. The molecule has 2 aromatic carbocycles. The standard InChI is InChI=1S/C14H10FN3S2/c15-10-1-3-11(4-2-10)17-14(19)18-12-5-7-13(8-6-12)20-9-16/h1-8H,(H2,17,18,19). The van der Waals surface area contributed by atoms with E-state index in [0.717, 1.165) is 22.3 Å². The maximum atomic E-state index is 12.8. The second-order valence-electron chi connectivity index (χ2n) is 3.80. The number of nitriles is 1. The van der Waals surface area contributed by atoms with Crippen molar-refractivity contribution in [1.82, 2.24) is 0 Å². The predicted octanol–water partition coefficient (Wildman–Crippen LogP) is 4.21. The Hall–Kier alpha value is -2.10. The van der Waals surface area contributed by atoms with Crippen LogP contribution in [0.4, 0.5) is 15.8 Å². The topological polar surface area (TPSA) is 47.9 Å². The van der Waals surface area contributed by atoms with Gasteiger partial charge in [0.1, 0.15) is 11.2 Å². The van der Waals surface area contributed by atoms with E-state index >= 15 is 0 Å². The summed E-state index contributed by atoms with van der Waals surface area (Å²) in [6, 6.07) is 13.3. The number of thiocyanates is 1. The molecule has 20 heavy (non-hydrogen) atoms. The van der Waals surface area contributed by atoms with Crippen LogP contribution in [-0.2, 0) is 0 Å². The van der Waals surface area contributed by atoms with Gasteiger partial charge in [-0.3, -0.25) is 0 Å². The molecule has 0 radical (unpaired) electrons. The number of rotatable bonds is 3. The minimum atomic E-state index is -0.292. The first-order chi connectivity index (χ1) is 9.67. The van der Waals surface area contributed by atoms with Crippen LogP contribution in [0.25, 0.3) is 0 Å².